The fraction of sp³-hybridized carbons (Fsp3) is 0.143. The fourth-order valence-electron chi connectivity index (χ4n) is 3.89. The first-order valence-corrected chi connectivity index (χ1v) is 10.4. The Morgan fingerprint density at radius 1 is 0.594 bits per heavy atom. The molecular weight excluding hydrogens is 400 g/mol. The van der Waals surface area contributed by atoms with E-state index in [-0.39, 0.29) is 12.4 Å². The monoisotopic (exact) mass is 426 g/mol. The summed E-state index contributed by atoms with van der Waals surface area (Å²) in [7, 11) is 3.30. The topological polar surface area (TPSA) is 47.9 Å². The average molecular weight is 427 g/mol. The molecule has 4 rings (SSSR count). The van der Waals surface area contributed by atoms with Crippen molar-refractivity contribution in [3.05, 3.63) is 125 Å². The molecule has 4 aromatic carbocycles. The van der Waals surface area contributed by atoms with Crippen molar-refractivity contribution < 1.29 is 19.3 Å². The van der Waals surface area contributed by atoms with Crippen LogP contribution in [0, 0.1) is 0 Å². The van der Waals surface area contributed by atoms with E-state index in [1.165, 1.54) is 0 Å². The number of hydrogen-bond donors (Lipinski definition) is 1. The van der Waals surface area contributed by atoms with Crippen LogP contribution < -0.4 is 9.47 Å². The van der Waals surface area contributed by atoms with Crippen molar-refractivity contribution in [1.82, 2.24) is 0 Å². The average Bonchev–Trinajstić information content (AvgIpc) is 2.87. The van der Waals surface area contributed by atoms with Crippen LogP contribution in [0.3, 0.4) is 0 Å². The van der Waals surface area contributed by atoms with Crippen LogP contribution in [-0.2, 0) is 16.9 Å². The van der Waals surface area contributed by atoms with Crippen LogP contribution in [0.2, 0.25) is 0 Å². The molecule has 4 aromatic rings. The van der Waals surface area contributed by atoms with Gasteiger partial charge in [-0.2, -0.15) is 0 Å². The Hall–Kier alpha value is -3.76. The maximum Gasteiger partial charge on any atom is 0.144 e. The van der Waals surface area contributed by atoms with Crippen LogP contribution in [0.5, 0.6) is 17.2 Å². The molecule has 4 nitrogen and oxygen atoms in total. The molecule has 0 aliphatic rings. The molecule has 0 spiro atoms. The summed E-state index contributed by atoms with van der Waals surface area (Å²) in [4.78, 5) is 0. The van der Waals surface area contributed by atoms with Gasteiger partial charge in [-0.1, -0.05) is 72.8 Å². The van der Waals surface area contributed by atoms with E-state index >= 15 is 0 Å². The van der Waals surface area contributed by atoms with Gasteiger partial charge in [-0.3, -0.25) is 0 Å². The highest BCUT2D eigenvalue weighted by Gasteiger charge is 2.38. The van der Waals surface area contributed by atoms with Crippen molar-refractivity contribution in [2.24, 2.45) is 0 Å². The Labute approximate surface area is 188 Å². The largest absolute Gasteiger partial charge is 0.508 e. The first kappa shape index (κ1) is 21.5. The van der Waals surface area contributed by atoms with Gasteiger partial charge in [0, 0.05) is 5.56 Å². The highest BCUT2D eigenvalue weighted by atomic mass is 16.5. The SMILES string of the molecule is COc1ccc(C(OCc2ccccc2O)(c2ccccc2)c2ccc(OC)cc2)cc1. The minimum atomic E-state index is -0.915. The number of phenols is 1. The number of ether oxygens (including phenoxy) is 3. The van der Waals surface area contributed by atoms with Gasteiger partial charge in [0.1, 0.15) is 22.8 Å². The van der Waals surface area contributed by atoms with Gasteiger partial charge in [0.25, 0.3) is 0 Å². The minimum absolute atomic E-state index is 0.207. The van der Waals surface area contributed by atoms with E-state index in [1.54, 1.807) is 26.4 Å². The molecule has 32 heavy (non-hydrogen) atoms. The van der Waals surface area contributed by atoms with Gasteiger partial charge in [0.2, 0.25) is 0 Å². The Bertz CT molecular complexity index is 1090. The van der Waals surface area contributed by atoms with E-state index < -0.39 is 5.60 Å². The quantitative estimate of drug-likeness (QED) is 0.355. The number of aromatic hydroxyl groups is 1. The summed E-state index contributed by atoms with van der Waals surface area (Å²) in [6.07, 6.45) is 0. The van der Waals surface area contributed by atoms with E-state index in [9.17, 15) is 5.11 Å². The second-order valence-corrected chi connectivity index (χ2v) is 7.42. The molecule has 0 atom stereocenters. The lowest BCUT2D eigenvalue weighted by molar-refractivity contribution is -0.000591. The summed E-state index contributed by atoms with van der Waals surface area (Å²) in [6, 6.07) is 33.1. The molecule has 0 amide bonds. The summed E-state index contributed by atoms with van der Waals surface area (Å²) in [5, 5.41) is 10.3. The molecule has 0 aromatic heterocycles. The van der Waals surface area contributed by atoms with Crippen LogP contribution in [0.1, 0.15) is 22.3 Å². The number of methoxy groups -OCH3 is 2. The molecular formula is C28H26O4. The first-order valence-electron chi connectivity index (χ1n) is 10.4. The van der Waals surface area contributed by atoms with Gasteiger partial charge in [-0.15, -0.1) is 0 Å². The van der Waals surface area contributed by atoms with E-state index in [2.05, 4.69) is 12.1 Å². The molecule has 0 unspecified atom stereocenters. The molecule has 0 heterocycles. The van der Waals surface area contributed by atoms with Gasteiger partial charge in [-0.05, 0) is 47.0 Å². The second-order valence-electron chi connectivity index (χ2n) is 7.42. The zero-order valence-corrected chi connectivity index (χ0v) is 18.2. The van der Waals surface area contributed by atoms with E-state index in [4.69, 9.17) is 14.2 Å². The first-order chi connectivity index (χ1) is 15.7. The Kier molecular flexibility index (Phi) is 6.43. The van der Waals surface area contributed by atoms with Crippen LogP contribution in [0.25, 0.3) is 0 Å². The van der Waals surface area contributed by atoms with Crippen molar-refractivity contribution in [3.8, 4) is 17.2 Å². The maximum atomic E-state index is 10.3. The fourth-order valence-corrected chi connectivity index (χ4v) is 3.89. The van der Waals surface area contributed by atoms with Crippen LogP contribution in [0.15, 0.2) is 103 Å². The van der Waals surface area contributed by atoms with Crippen LogP contribution in [-0.4, -0.2) is 19.3 Å². The van der Waals surface area contributed by atoms with Crippen LogP contribution >= 0.6 is 0 Å². The van der Waals surface area contributed by atoms with Crippen molar-refractivity contribution in [1.29, 1.82) is 0 Å². The van der Waals surface area contributed by atoms with E-state index in [0.717, 1.165) is 33.8 Å². The van der Waals surface area contributed by atoms with Gasteiger partial charge < -0.3 is 19.3 Å². The molecule has 0 bridgehead atoms. The smallest absolute Gasteiger partial charge is 0.144 e. The molecule has 0 aliphatic carbocycles. The third-order valence-electron chi connectivity index (χ3n) is 5.61. The normalized spacial score (nSPS) is 11.2. The van der Waals surface area contributed by atoms with Gasteiger partial charge >= 0.3 is 0 Å². The standard InChI is InChI=1S/C28H26O4/c1-30-25-16-12-23(13-17-25)28(22-9-4-3-5-10-22,24-14-18-26(31-2)19-15-24)32-20-21-8-6-7-11-27(21)29/h3-19,29H,20H2,1-2H3. The molecule has 4 heteroatoms. The Morgan fingerprint density at radius 2 is 1.06 bits per heavy atom. The Morgan fingerprint density at radius 3 is 1.56 bits per heavy atom. The van der Waals surface area contributed by atoms with Crippen molar-refractivity contribution >= 4 is 0 Å². The lowest BCUT2D eigenvalue weighted by Gasteiger charge is -2.36. The van der Waals surface area contributed by atoms with Gasteiger partial charge in [0.15, 0.2) is 0 Å². The lowest BCUT2D eigenvalue weighted by Crippen LogP contribution is -2.32. The molecule has 0 saturated carbocycles. The zero-order chi connectivity index (χ0) is 22.4. The minimum Gasteiger partial charge on any atom is -0.508 e. The van der Waals surface area contributed by atoms with Gasteiger partial charge in [-0.25, -0.2) is 0 Å². The third-order valence-corrected chi connectivity index (χ3v) is 5.61. The molecule has 1 N–H and O–H groups in total. The summed E-state index contributed by atoms with van der Waals surface area (Å²) < 4.78 is 17.5. The van der Waals surface area contributed by atoms with Gasteiger partial charge in [0.05, 0.1) is 20.8 Å². The zero-order valence-electron chi connectivity index (χ0n) is 18.2. The molecule has 0 radical (unpaired) electrons. The summed E-state index contributed by atoms with van der Waals surface area (Å²) >= 11 is 0. The van der Waals surface area contributed by atoms with E-state index in [0.29, 0.717) is 0 Å². The number of hydrogen-bond acceptors (Lipinski definition) is 4. The number of phenolic OH excluding ortho intramolecular Hbond substituents is 1. The maximum absolute atomic E-state index is 10.3. The predicted molar refractivity (Wildman–Crippen MR) is 125 cm³/mol. The summed E-state index contributed by atoms with van der Waals surface area (Å²) in [6.45, 7) is 0.222. The summed E-state index contributed by atoms with van der Waals surface area (Å²) in [5.41, 5.74) is 2.68. The third kappa shape index (κ3) is 4.18. The predicted octanol–water partition coefficient (Wildman–Crippen LogP) is 5.92. The molecule has 0 aliphatic heterocycles. The number of benzene rings is 4. The number of para-hydroxylation sites is 1. The molecule has 162 valence electrons. The highest BCUT2D eigenvalue weighted by Crippen LogP contribution is 2.42. The number of rotatable bonds is 8. The molecule has 0 fully saturated rings. The van der Waals surface area contributed by atoms with Crippen LogP contribution in [0.4, 0.5) is 0 Å². The Balaban J connectivity index is 1.90. The lowest BCUT2D eigenvalue weighted by atomic mass is 9.80. The molecule has 0 saturated heterocycles. The second kappa shape index (κ2) is 9.58. The van der Waals surface area contributed by atoms with Crippen molar-refractivity contribution in [3.63, 3.8) is 0 Å². The van der Waals surface area contributed by atoms with Crippen molar-refractivity contribution in [2.75, 3.05) is 14.2 Å². The summed E-state index contributed by atoms with van der Waals surface area (Å²) in [5.74, 6) is 1.75. The highest BCUT2D eigenvalue weighted by molar-refractivity contribution is 5.50. The van der Waals surface area contributed by atoms with Crippen molar-refractivity contribution in [2.45, 2.75) is 12.2 Å². The van der Waals surface area contributed by atoms with E-state index in [1.807, 2.05) is 78.9 Å².